The highest BCUT2D eigenvalue weighted by atomic mass is 35.5. The molecule has 0 fully saturated rings. The lowest BCUT2D eigenvalue weighted by atomic mass is 10.0. The monoisotopic (exact) mass is 349 g/mol. The van der Waals surface area contributed by atoms with Gasteiger partial charge in [-0.05, 0) is 30.0 Å². The molecule has 3 rings (SSSR count). The Labute approximate surface area is 130 Å². The van der Waals surface area contributed by atoms with Crippen molar-refractivity contribution in [1.82, 2.24) is 14.6 Å². The van der Waals surface area contributed by atoms with Gasteiger partial charge in [0.15, 0.2) is 0 Å². The molecular weight excluding hydrogens is 343 g/mol. The molecule has 0 amide bonds. The van der Waals surface area contributed by atoms with Gasteiger partial charge in [0, 0.05) is 10.5 Å². The zero-order valence-electron chi connectivity index (χ0n) is 10.5. The molecule has 3 aromatic rings. The molecule has 110 valence electrons. The fourth-order valence-electron chi connectivity index (χ4n) is 1.91. The van der Waals surface area contributed by atoms with Crippen molar-refractivity contribution in [2.45, 2.75) is 11.1 Å². The van der Waals surface area contributed by atoms with E-state index in [2.05, 4.69) is 10.1 Å². The summed E-state index contributed by atoms with van der Waals surface area (Å²) in [6.45, 7) is 0. The van der Waals surface area contributed by atoms with E-state index in [9.17, 15) is 13.2 Å². The molecule has 0 aliphatic carbocycles. The number of rotatable bonds is 2. The molecule has 0 unspecified atom stereocenters. The zero-order chi connectivity index (χ0) is 15.2. The number of aromatic nitrogens is 3. The van der Waals surface area contributed by atoms with Crippen molar-refractivity contribution in [3.63, 3.8) is 0 Å². The van der Waals surface area contributed by atoms with Gasteiger partial charge in [0.05, 0.1) is 17.5 Å². The van der Waals surface area contributed by atoms with Gasteiger partial charge in [-0.25, -0.2) is 9.50 Å². The number of nitrogens with zero attached hydrogens (tertiary/aromatic N) is 3. The van der Waals surface area contributed by atoms with E-state index in [1.54, 1.807) is 12.3 Å². The number of imidazole rings is 1. The minimum absolute atomic E-state index is 0.0362. The van der Waals surface area contributed by atoms with E-state index >= 15 is 0 Å². The van der Waals surface area contributed by atoms with Gasteiger partial charge in [-0.3, -0.25) is 0 Å². The van der Waals surface area contributed by atoms with Gasteiger partial charge in [0.1, 0.15) is 0 Å². The molecular formula is C12H7ClF3N3S2. The van der Waals surface area contributed by atoms with Crippen LogP contribution in [0.5, 0.6) is 0 Å². The third kappa shape index (κ3) is 2.75. The first-order chi connectivity index (χ1) is 9.88. The lowest BCUT2D eigenvalue weighted by molar-refractivity contribution is -0.137. The number of fused-ring (bicyclic) bond motifs is 1. The third-order valence-corrected chi connectivity index (χ3v) is 4.57. The van der Waals surface area contributed by atoms with Gasteiger partial charge in [-0.2, -0.15) is 13.2 Å². The van der Waals surface area contributed by atoms with Crippen LogP contribution in [0.2, 0.25) is 4.47 Å². The van der Waals surface area contributed by atoms with Crippen LogP contribution in [0.4, 0.5) is 13.2 Å². The second-order valence-corrected chi connectivity index (χ2v) is 6.54. The van der Waals surface area contributed by atoms with Crippen LogP contribution in [0, 0.1) is 0 Å². The third-order valence-electron chi connectivity index (χ3n) is 2.83. The standard InChI is InChI=1S/C12H7ClF3N3S2/c1-20-6-2-3-7(8(4-6)12(14,15)16)9-5-19-11(17-9)21-10(13)18-19/h2-5H,1H3. The van der Waals surface area contributed by atoms with Crippen LogP contribution in [0.15, 0.2) is 29.3 Å². The largest absolute Gasteiger partial charge is 0.417 e. The van der Waals surface area contributed by atoms with E-state index in [0.717, 1.165) is 17.4 Å². The summed E-state index contributed by atoms with van der Waals surface area (Å²) in [6, 6.07) is 4.21. The van der Waals surface area contributed by atoms with Crippen LogP contribution in [-0.2, 0) is 6.18 Å². The fraction of sp³-hybridized carbons (Fsp3) is 0.167. The second-order valence-electron chi connectivity index (χ2n) is 4.12. The van der Waals surface area contributed by atoms with Crippen LogP contribution >= 0.6 is 34.7 Å². The maximum Gasteiger partial charge on any atom is 0.417 e. The van der Waals surface area contributed by atoms with Crippen molar-refractivity contribution >= 4 is 39.7 Å². The molecule has 9 heteroatoms. The normalized spacial score (nSPS) is 12.2. The molecule has 2 aromatic heterocycles. The van der Waals surface area contributed by atoms with Crippen molar-refractivity contribution in [2.24, 2.45) is 0 Å². The van der Waals surface area contributed by atoms with E-state index in [1.165, 1.54) is 28.5 Å². The molecule has 0 saturated carbocycles. The smallest absolute Gasteiger partial charge is 0.217 e. The molecule has 0 aliphatic rings. The van der Waals surface area contributed by atoms with Gasteiger partial charge in [0.2, 0.25) is 9.43 Å². The summed E-state index contributed by atoms with van der Waals surface area (Å²) in [5.74, 6) is 0. The van der Waals surface area contributed by atoms with Crippen molar-refractivity contribution in [3.05, 3.63) is 34.4 Å². The van der Waals surface area contributed by atoms with E-state index < -0.39 is 11.7 Å². The quantitative estimate of drug-likeness (QED) is 0.619. The van der Waals surface area contributed by atoms with Gasteiger partial charge in [0.25, 0.3) is 0 Å². The highest BCUT2D eigenvalue weighted by Gasteiger charge is 2.34. The molecule has 0 atom stereocenters. The Hall–Kier alpha value is -1.25. The number of halogens is 4. The van der Waals surface area contributed by atoms with E-state index in [4.69, 9.17) is 11.6 Å². The predicted molar refractivity (Wildman–Crippen MR) is 78.1 cm³/mol. The molecule has 0 spiro atoms. The molecule has 0 radical (unpaired) electrons. The number of hydrogen-bond donors (Lipinski definition) is 0. The summed E-state index contributed by atoms with van der Waals surface area (Å²) in [7, 11) is 0. The first kappa shape index (κ1) is 14.7. The summed E-state index contributed by atoms with van der Waals surface area (Å²) < 4.78 is 41.3. The van der Waals surface area contributed by atoms with Gasteiger partial charge < -0.3 is 0 Å². The molecule has 3 nitrogen and oxygen atoms in total. The SMILES string of the molecule is CSc1ccc(-c2cn3nc(Cl)sc3n2)c(C(F)(F)F)c1. The van der Waals surface area contributed by atoms with Gasteiger partial charge in [-0.15, -0.1) is 16.9 Å². The number of alkyl halides is 3. The van der Waals surface area contributed by atoms with Crippen molar-refractivity contribution in [1.29, 1.82) is 0 Å². The Morgan fingerprint density at radius 2 is 2.10 bits per heavy atom. The van der Waals surface area contributed by atoms with Gasteiger partial charge in [-0.1, -0.05) is 17.4 Å². The minimum atomic E-state index is -4.44. The molecule has 0 saturated heterocycles. The first-order valence-corrected chi connectivity index (χ1v) is 8.08. The maximum absolute atomic E-state index is 13.2. The Kier molecular flexibility index (Phi) is 3.62. The average Bonchev–Trinajstić information content (AvgIpc) is 2.94. The summed E-state index contributed by atoms with van der Waals surface area (Å²) in [5.41, 5.74) is -0.439. The number of benzene rings is 1. The van der Waals surface area contributed by atoms with Crippen molar-refractivity contribution in [2.75, 3.05) is 6.26 Å². The first-order valence-electron chi connectivity index (χ1n) is 5.66. The molecule has 0 aliphatic heterocycles. The highest BCUT2D eigenvalue weighted by Crippen LogP contribution is 2.39. The van der Waals surface area contributed by atoms with Crippen molar-refractivity contribution in [3.8, 4) is 11.3 Å². The molecule has 0 bridgehead atoms. The Balaban J connectivity index is 2.18. The maximum atomic E-state index is 13.2. The summed E-state index contributed by atoms with van der Waals surface area (Å²) in [5, 5.41) is 3.94. The lowest BCUT2D eigenvalue weighted by Gasteiger charge is -2.12. The van der Waals surface area contributed by atoms with Crippen LogP contribution in [0.3, 0.4) is 0 Å². The van der Waals surface area contributed by atoms with Crippen molar-refractivity contribution < 1.29 is 13.2 Å². The molecule has 21 heavy (non-hydrogen) atoms. The fourth-order valence-corrected chi connectivity index (χ4v) is 3.25. The predicted octanol–water partition coefficient (Wildman–Crippen LogP) is 4.85. The van der Waals surface area contributed by atoms with Gasteiger partial charge >= 0.3 is 6.18 Å². The van der Waals surface area contributed by atoms with Crippen LogP contribution in [0.1, 0.15) is 5.56 Å². The molecule has 0 N–H and O–H groups in total. The zero-order valence-corrected chi connectivity index (χ0v) is 12.9. The molecule has 2 heterocycles. The molecule has 1 aromatic carbocycles. The second kappa shape index (κ2) is 5.19. The van der Waals surface area contributed by atoms with Crippen LogP contribution < -0.4 is 0 Å². The van der Waals surface area contributed by atoms with Crippen LogP contribution in [0.25, 0.3) is 16.2 Å². The summed E-state index contributed by atoms with van der Waals surface area (Å²) in [6.07, 6.45) is -1.27. The summed E-state index contributed by atoms with van der Waals surface area (Å²) in [4.78, 5) is 5.17. The minimum Gasteiger partial charge on any atom is -0.217 e. The number of hydrogen-bond acceptors (Lipinski definition) is 4. The Bertz CT molecular complexity index is 778. The van der Waals surface area contributed by atoms with E-state index in [0.29, 0.717) is 9.86 Å². The average molecular weight is 350 g/mol. The van der Waals surface area contributed by atoms with E-state index in [1.807, 2.05) is 0 Å². The summed E-state index contributed by atoms with van der Waals surface area (Å²) >= 11 is 8.10. The number of thioether (sulfide) groups is 1. The topological polar surface area (TPSA) is 30.2 Å². The Morgan fingerprint density at radius 3 is 2.71 bits per heavy atom. The Morgan fingerprint density at radius 1 is 1.33 bits per heavy atom. The highest BCUT2D eigenvalue weighted by molar-refractivity contribution is 7.98. The van der Waals surface area contributed by atoms with Crippen LogP contribution in [-0.4, -0.2) is 20.9 Å². The van der Waals surface area contributed by atoms with E-state index in [-0.39, 0.29) is 15.7 Å². The lowest BCUT2D eigenvalue weighted by Crippen LogP contribution is -2.07.